The zero-order valence-corrected chi connectivity index (χ0v) is 21.1. The molecule has 0 saturated heterocycles. The molecular formula is C28H22N4O5S. The average molecular weight is 527 g/mol. The van der Waals surface area contributed by atoms with Crippen molar-refractivity contribution in [3.63, 3.8) is 0 Å². The van der Waals surface area contributed by atoms with Crippen molar-refractivity contribution in [2.45, 2.75) is 13.5 Å². The number of amides is 1. The van der Waals surface area contributed by atoms with Crippen molar-refractivity contribution in [1.29, 1.82) is 5.26 Å². The van der Waals surface area contributed by atoms with E-state index in [0.29, 0.717) is 28.8 Å². The van der Waals surface area contributed by atoms with Crippen LogP contribution in [-0.2, 0) is 11.4 Å². The van der Waals surface area contributed by atoms with E-state index in [1.54, 1.807) is 30.3 Å². The second kappa shape index (κ2) is 12.3. The Kier molecular flexibility index (Phi) is 8.43. The first-order valence-corrected chi connectivity index (χ1v) is 12.4. The van der Waals surface area contributed by atoms with Crippen LogP contribution in [0.3, 0.4) is 0 Å². The molecule has 10 heteroatoms. The van der Waals surface area contributed by atoms with Gasteiger partial charge in [0.2, 0.25) is 0 Å². The molecule has 1 aromatic heterocycles. The summed E-state index contributed by atoms with van der Waals surface area (Å²) in [5, 5.41) is 25.4. The number of anilines is 1. The summed E-state index contributed by atoms with van der Waals surface area (Å²) in [6.07, 6.45) is 1.46. The molecule has 1 N–H and O–H groups in total. The third-order valence-corrected chi connectivity index (χ3v) is 6.04. The number of nitro groups is 1. The number of nitriles is 1. The number of rotatable bonds is 10. The number of hydrogen-bond donors (Lipinski definition) is 1. The lowest BCUT2D eigenvalue weighted by Gasteiger charge is -2.13. The minimum absolute atomic E-state index is 0.00345. The lowest BCUT2D eigenvalue weighted by Crippen LogP contribution is -2.13. The molecule has 0 aliphatic carbocycles. The van der Waals surface area contributed by atoms with E-state index in [1.807, 2.05) is 48.7 Å². The van der Waals surface area contributed by atoms with Crippen molar-refractivity contribution in [3.8, 4) is 28.8 Å². The number of ether oxygens (including phenoxy) is 2. The quantitative estimate of drug-likeness (QED) is 0.112. The highest BCUT2D eigenvalue weighted by Gasteiger charge is 2.14. The smallest absolute Gasteiger partial charge is 0.269 e. The molecule has 9 nitrogen and oxygen atoms in total. The van der Waals surface area contributed by atoms with Crippen LogP contribution in [0.25, 0.3) is 17.3 Å². The Morgan fingerprint density at radius 2 is 1.87 bits per heavy atom. The predicted octanol–water partition coefficient (Wildman–Crippen LogP) is 6.24. The monoisotopic (exact) mass is 526 g/mol. The molecule has 0 bridgehead atoms. The maximum absolute atomic E-state index is 12.8. The van der Waals surface area contributed by atoms with Crippen molar-refractivity contribution in [2.24, 2.45) is 0 Å². The van der Waals surface area contributed by atoms with Crippen molar-refractivity contribution < 1.29 is 19.2 Å². The van der Waals surface area contributed by atoms with Crippen molar-refractivity contribution >= 4 is 34.1 Å². The maximum atomic E-state index is 12.8. The lowest BCUT2D eigenvalue weighted by atomic mass is 10.1. The summed E-state index contributed by atoms with van der Waals surface area (Å²) in [4.78, 5) is 27.6. The van der Waals surface area contributed by atoms with Gasteiger partial charge in [0.15, 0.2) is 16.6 Å². The van der Waals surface area contributed by atoms with Gasteiger partial charge in [-0.3, -0.25) is 20.2 Å². The Labute approximate surface area is 222 Å². The number of carbonyl (C=O) groups is 1. The molecule has 38 heavy (non-hydrogen) atoms. The predicted molar refractivity (Wildman–Crippen MR) is 145 cm³/mol. The molecule has 0 radical (unpaired) electrons. The molecule has 4 rings (SSSR count). The van der Waals surface area contributed by atoms with E-state index < -0.39 is 10.8 Å². The molecule has 0 spiro atoms. The largest absolute Gasteiger partial charge is 0.490 e. The molecule has 0 aliphatic rings. The normalized spacial score (nSPS) is 10.9. The van der Waals surface area contributed by atoms with Gasteiger partial charge in [0.1, 0.15) is 18.2 Å². The fourth-order valence-electron chi connectivity index (χ4n) is 3.43. The molecule has 0 aliphatic heterocycles. The summed E-state index contributed by atoms with van der Waals surface area (Å²) in [5.74, 6) is 0.327. The van der Waals surface area contributed by atoms with Crippen LogP contribution in [0.1, 0.15) is 18.1 Å². The number of carbonyl (C=O) groups excluding carboxylic acids is 1. The van der Waals surface area contributed by atoms with E-state index in [0.717, 1.165) is 16.8 Å². The van der Waals surface area contributed by atoms with E-state index >= 15 is 0 Å². The summed E-state index contributed by atoms with van der Waals surface area (Å²) in [6, 6.07) is 22.7. The Morgan fingerprint density at radius 3 is 2.55 bits per heavy atom. The highest BCUT2D eigenvalue weighted by molar-refractivity contribution is 7.14. The summed E-state index contributed by atoms with van der Waals surface area (Å²) in [5.41, 5.74) is 2.90. The van der Waals surface area contributed by atoms with Gasteiger partial charge < -0.3 is 9.47 Å². The number of thiazole rings is 1. The van der Waals surface area contributed by atoms with Gasteiger partial charge in [0, 0.05) is 23.1 Å². The molecule has 190 valence electrons. The molecule has 1 heterocycles. The third-order valence-electron chi connectivity index (χ3n) is 5.28. The van der Waals surface area contributed by atoms with Crippen LogP contribution < -0.4 is 14.8 Å². The minimum Gasteiger partial charge on any atom is -0.490 e. The molecule has 0 fully saturated rings. The third kappa shape index (κ3) is 6.60. The van der Waals surface area contributed by atoms with Crippen molar-refractivity contribution in [3.05, 3.63) is 105 Å². The standard InChI is InChI=1S/C28H22N4O5S/c1-2-36-26-15-20(10-13-25(26)37-17-19-8-11-23(12-9-19)32(34)35)14-22(16-29)27(33)31-28-30-24(18-38-28)21-6-4-3-5-7-21/h3-15,18H,2,17H2,1H3,(H,30,31,33). The number of nitro benzene ring substituents is 1. The number of nitrogens with zero attached hydrogens (tertiary/aromatic N) is 3. The van der Waals surface area contributed by atoms with E-state index in [2.05, 4.69) is 10.3 Å². The van der Waals surface area contributed by atoms with E-state index in [1.165, 1.54) is 29.5 Å². The SMILES string of the molecule is CCOc1cc(C=C(C#N)C(=O)Nc2nc(-c3ccccc3)cs2)ccc1OCc1ccc([N+](=O)[O-])cc1. The minimum atomic E-state index is -0.571. The summed E-state index contributed by atoms with van der Waals surface area (Å²) < 4.78 is 11.6. The second-order valence-corrected chi connectivity index (χ2v) is 8.74. The topological polar surface area (TPSA) is 127 Å². The van der Waals surface area contributed by atoms with E-state index in [9.17, 15) is 20.2 Å². The number of nitrogens with one attached hydrogen (secondary N) is 1. The first-order chi connectivity index (χ1) is 18.5. The maximum Gasteiger partial charge on any atom is 0.269 e. The Balaban J connectivity index is 1.46. The van der Waals surface area contributed by atoms with Gasteiger partial charge >= 0.3 is 0 Å². The van der Waals surface area contributed by atoms with Crippen LogP contribution in [0.2, 0.25) is 0 Å². The lowest BCUT2D eigenvalue weighted by molar-refractivity contribution is -0.384. The molecule has 0 unspecified atom stereocenters. The first kappa shape index (κ1) is 26.1. The fraction of sp³-hybridized carbons (Fsp3) is 0.107. The Bertz CT molecular complexity index is 1510. The van der Waals surface area contributed by atoms with Gasteiger partial charge in [-0.15, -0.1) is 11.3 Å². The van der Waals surface area contributed by atoms with Crippen LogP contribution in [-0.4, -0.2) is 22.4 Å². The van der Waals surface area contributed by atoms with E-state index in [-0.39, 0.29) is 17.9 Å². The van der Waals surface area contributed by atoms with Gasteiger partial charge in [0.05, 0.1) is 17.2 Å². The number of aromatic nitrogens is 1. The zero-order valence-electron chi connectivity index (χ0n) is 20.3. The average Bonchev–Trinajstić information content (AvgIpc) is 3.40. The molecular weight excluding hydrogens is 504 g/mol. The van der Waals surface area contributed by atoms with Crippen LogP contribution in [0, 0.1) is 21.4 Å². The molecule has 0 atom stereocenters. The van der Waals surface area contributed by atoms with Crippen LogP contribution in [0.15, 0.2) is 83.7 Å². The van der Waals surface area contributed by atoms with Crippen molar-refractivity contribution in [1.82, 2.24) is 4.98 Å². The molecule has 0 saturated carbocycles. The van der Waals surface area contributed by atoms with E-state index in [4.69, 9.17) is 9.47 Å². The Hall–Kier alpha value is -5.01. The summed E-state index contributed by atoms with van der Waals surface area (Å²) in [7, 11) is 0. The number of non-ortho nitro benzene ring substituents is 1. The fourth-order valence-corrected chi connectivity index (χ4v) is 4.14. The van der Waals surface area contributed by atoms with Gasteiger partial charge in [-0.1, -0.05) is 36.4 Å². The zero-order chi connectivity index (χ0) is 26.9. The van der Waals surface area contributed by atoms with Crippen LogP contribution >= 0.6 is 11.3 Å². The highest BCUT2D eigenvalue weighted by atomic mass is 32.1. The number of benzene rings is 3. The van der Waals surface area contributed by atoms with Crippen molar-refractivity contribution in [2.75, 3.05) is 11.9 Å². The highest BCUT2D eigenvalue weighted by Crippen LogP contribution is 2.31. The molecule has 4 aromatic rings. The van der Waals surface area contributed by atoms with Gasteiger partial charge in [0.25, 0.3) is 11.6 Å². The summed E-state index contributed by atoms with van der Waals surface area (Å²) >= 11 is 1.27. The van der Waals surface area contributed by atoms with Crippen LogP contribution in [0.5, 0.6) is 11.5 Å². The second-order valence-electron chi connectivity index (χ2n) is 7.88. The van der Waals surface area contributed by atoms with Gasteiger partial charge in [-0.25, -0.2) is 4.98 Å². The van der Waals surface area contributed by atoms with Crippen LogP contribution in [0.4, 0.5) is 10.8 Å². The first-order valence-electron chi connectivity index (χ1n) is 11.5. The summed E-state index contributed by atoms with van der Waals surface area (Å²) in [6.45, 7) is 2.38. The molecule has 1 amide bonds. The molecule has 3 aromatic carbocycles. The van der Waals surface area contributed by atoms with Gasteiger partial charge in [-0.2, -0.15) is 5.26 Å². The van der Waals surface area contributed by atoms with Gasteiger partial charge in [-0.05, 0) is 48.4 Å². The Morgan fingerprint density at radius 1 is 1.11 bits per heavy atom. The number of hydrogen-bond acceptors (Lipinski definition) is 8.